The highest BCUT2D eigenvalue weighted by atomic mass is 19.3. The molecule has 1 aromatic carbocycles. The minimum atomic E-state index is -2.99. The number of rotatable bonds is 3. The van der Waals surface area contributed by atoms with E-state index in [1.807, 2.05) is 27.7 Å². The first kappa shape index (κ1) is 19.3. The number of benzene rings is 1. The molecule has 0 unspecified atom stereocenters. The van der Waals surface area contributed by atoms with E-state index in [9.17, 15) is 13.2 Å². The average Bonchev–Trinajstić information content (AvgIpc) is 2.78. The Bertz CT molecular complexity index is 858. The molecule has 2 heterocycles. The third-order valence-electron chi connectivity index (χ3n) is 6.20. The molecule has 2 N–H and O–H groups in total. The number of halogens is 3. The van der Waals surface area contributed by atoms with Gasteiger partial charge in [-0.25, -0.2) is 18.2 Å². The van der Waals surface area contributed by atoms with E-state index in [1.165, 1.54) is 12.1 Å². The summed E-state index contributed by atoms with van der Waals surface area (Å²) in [5, 5.41) is 0. The van der Waals surface area contributed by atoms with Crippen LogP contribution in [0.3, 0.4) is 0 Å². The average molecular weight is 394 g/mol. The van der Waals surface area contributed by atoms with Crippen LogP contribution in [-0.4, -0.2) is 36.9 Å². The Morgan fingerprint density at radius 1 is 1.11 bits per heavy atom. The molecule has 1 saturated heterocycles. The van der Waals surface area contributed by atoms with E-state index in [0.717, 1.165) is 6.07 Å². The number of hydrogen-bond acceptors (Lipinski definition) is 5. The van der Waals surface area contributed by atoms with Gasteiger partial charge in [-0.1, -0.05) is 18.2 Å². The second kappa shape index (κ2) is 6.00. The minimum Gasteiger partial charge on any atom is -0.457 e. The highest BCUT2D eigenvalue weighted by Gasteiger charge is 2.58. The fraction of sp³-hybridized carbons (Fsp3) is 0.526. The molecule has 1 aromatic rings. The molecule has 1 aliphatic carbocycles. The summed E-state index contributed by atoms with van der Waals surface area (Å²) < 4.78 is 60.7. The molecular formula is C19H22BF3N2O3. The van der Waals surface area contributed by atoms with Crippen LogP contribution >= 0.6 is 0 Å². The largest absolute Gasteiger partial charge is 0.494 e. The summed E-state index contributed by atoms with van der Waals surface area (Å²) in [6, 6.07) is 3.57. The van der Waals surface area contributed by atoms with E-state index in [4.69, 9.17) is 19.8 Å². The van der Waals surface area contributed by atoms with Gasteiger partial charge >= 0.3 is 7.12 Å². The minimum absolute atomic E-state index is 0.250. The first-order valence-electron chi connectivity index (χ1n) is 9.12. The van der Waals surface area contributed by atoms with Crippen LogP contribution in [0.1, 0.15) is 33.3 Å². The first-order valence-corrected chi connectivity index (χ1v) is 9.12. The van der Waals surface area contributed by atoms with Crippen molar-refractivity contribution in [1.82, 2.24) is 0 Å². The van der Waals surface area contributed by atoms with Crippen LogP contribution < -0.4 is 11.2 Å². The number of nitrogens with zero attached hydrogens (tertiary/aromatic N) is 1. The van der Waals surface area contributed by atoms with Crippen LogP contribution in [0.4, 0.5) is 13.2 Å². The highest BCUT2D eigenvalue weighted by molar-refractivity contribution is 6.62. The molecule has 5 nitrogen and oxygen atoms in total. The van der Waals surface area contributed by atoms with E-state index in [2.05, 4.69) is 4.99 Å². The van der Waals surface area contributed by atoms with Gasteiger partial charge in [0, 0.05) is 5.56 Å². The van der Waals surface area contributed by atoms with E-state index in [0.29, 0.717) is 5.46 Å². The van der Waals surface area contributed by atoms with Crippen molar-refractivity contribution in [3.8, 4) is 0 Å². The smallest absolute Gasteiger partial charge is 0.457 e. The molecule has 0 saturated carbocycles. The lowest BCUT2D eigenvalue weighted by Gasteiger charge is -2.46. The summed E-state index contributed by atoms with van der Waals surface area (Å²) in [7, 11) is -0.812. The monoisotopic (exact) mass is 394 g/mol. The molecule has 3 atom stereocenters. The lowest BCUT2D eigenvalue weighted by atomic mass is 9.68. The van der Waals surface area contributed by atoms with Crippen molar-refractivity contribution in [2.75, 3.05) is 0 Å². The second-order valence-corrected chi connectivity index (χ2v) is 8.40. The van der Waals surface area contributed by atoms with Gasteiger partial charge in [-0.2, -0.15) is 0 Å². The van der Waals surface area contributed by atoms with Crippen LogP contribution in [-0.2, 0) is 19.6 Å². The molecule has 0 radical (unpaired) electrons. The normalized spacial score (nSPS) is 32.6. The maximum Gasteiger partial charge on any atom is 0.494 e. The molecule has 4 rings (SSSR count). The summed E-state index contributed by atoms with van der Waals surface area (Å²) in [4.78, 5) is 3.90. The van der Waals surface area contributed by atoms with Gasteiger partial charge in [0.25, 0.3) is 12.4 Å². The molecule has 150 valence electrons. The maximum absolute atomic E-state index is 14.8. The summed E-state index contributed by atoms with van der Waals surface area (Å²) in [6.45, 7) is 7.52. The van der Waals surface area contributed by atoms with Gasteiger partial charge in [0.15, 0.2) is 5.54 Å². The summed E-state index contributed by atoms with van der Waals surface area (Å²) in [5.74, 6) is -1.61. The number of ether oxygens (including phenoxy) is 1. The summed E-state index contributed by atoms with van der Waals surface area (Å²) >= 11 is 0. The quantitative estimate of drug-likeness (QED) is 0.632. The zero-order chi connectivity index (χ0) is 20.5. The van der Waals surface area contributed by atoms with E-state index >= 15 is 0 Å². The van der Waals surface area contributed by atoms with Gasteiger partial charge in [0.05, 0.1) is 17.1 Å². The predicted molar refractivity (Wildman–Crippen MR) is 98.9 cm³/mol. The van der Waals surface area contributed by atoms with Gasteiger partial charge in [-0.15, -0.1) is 0 Å². The fourth-order valence-corrected chi connectivity index (χ4v) is 3.77. The Morgan fingerprint density at radius 2 is 1.75 bits per heavy atom. The van der Waals surface area contributed by atoms with Gasteiger partial charge in [-0.3, -0.25) is 0 Å². The zero-order valence-electron chi connectivity index (χ0n) is 16.1. The number of hydrogen-bond donors (Lipinski definition) is 1. The van der Waals surface area contributed by atoms with Crippen LogP contribution in [0.15, 0.2) is 35.3 Å². The van der Waals surface area contributed by atoms with Crippen molar-refractivity contribution in [1.29, 1.82) is 0 Å². The van der Waals surface area contributed by atoms with Gasteiger partial charge in [0.2, 0.25) is 0 Å². The van der Waals surface area contributed by atoms with Crippen LogP contribution in [0.25, 0.3) is 0 Å². The number of fused-ring (bicyclic) bond motifs is 1. The zero-order valence-corrected chi connectivity index (χ0v) is 16.1. The highest BCUT2D eigenvalue weighted by Crippen LogP contribution is 2.49. The molecule has 3 aliphatic rings. The van der Waals surface area contributed by atoms with Gasteiger partial charge in [-0.05, 0) is 45.3 Å². The molecular weight excluding hydrogens is 372 g/mol. The van der Waals surface area contributed by atoms with Crippen LogP contribution in [0.5, 0.6) is 0 Å². The summed E-state index contributed by atoms with van der Waals surface area (Å²) in [5.41, 5.74) is 2.44. The first-order chi connectivity index (χ1) is 13.0. The van der Waals surface area contributed by atoms with Crippen molar-refractivity contribution in [2.24, 2.45) is 16.6 Å². The number of amidine groups is 1. The molecule has 28 heavy (non-hydrogen) atoms. The Morgan fingerprint density at radius 3 is 2.29 bits per heavy atom. The molecule has 0 bridgehead atoms. The molecule has 0 spiro atoms. The maximum atomic E-state index is 14.8. The lowest BCUT2D eigenvalue weighted by Crippen LogP contribution is -2.55. The Balaban J connectivity index is 1.81. The predicted octanol–water partition coefficient (Wildman–Crippen LogP) is 2.48. The number of alkyl halides is 2. The van der Waals surface area contributed by atoms with Crippen molar-refractivity contribution in [3.05, 3.63) is 41.7 Å². The topological polar surface area (TPSA) is 66.1 Å². The second-order valence-electron chi connectivity index (χ2n) is 8.40. The Labute approximate surface area is 161 Å². The molecule has 0 aromatic heterocycles. The van der Waals surface area contributed by atoms with Crippen molar-refractivity contribution >= 4 is 18.6 Å². The number of nitrogens with two attached hydrogens (primary N) is 1. The van der Waals surface area contributed by atoms with Gasteiger partial charge < -0.3 is 19.8 Å². The Hall–Kier alpha value is -2.00. The molecule has 2 aliphatic heterocycles. The number of aliphatic imine (C=N–C) groups is 1. The SMILES string of the molecule is CC1(C)OB(c2ccc(F)c([C@@]3(C(F)F)N=C(N)O[C@@H]4C=C[C@@H]43)c2)OC1(C)C. The van der Waals surface area contributed by atoms with Crippen LogP contribution in [0.2, 0.25) is 0 Å². The molecule has 9 heteroatoms. The Kier molecular flexibility index (Phi) is 4.14. The van der Waals surface area contributed by atoms with E-state index < -0.39 is 48.1 Å². The van der Waals surface area contributed by atoms with Gasteiger partial charge in [0.1, 0.15) is 11.9 Å². The molecule has 0 amide bonds. The van der Waals surface area contributed by atoms with Crippen molar-refractivity contribution < 1.29 is 27.2 Å². The van der Waals surface area contributed by atoms with E-state index in [1.54, 1.807) is 12.2 Å². The van der Waals surface area contributed by atoms with E-state index in [-0.39, 0.29) is 11.6 Å². The van der Waals surface area contributed by atoms with Crippen molar-refractivity contribution in [2.45, 2.75) is 57.0 Å². The standard InChI is InChI=1S/C19H22BF3N2O3/c1-17(2)18(3,4)28-20(27-17)10-5-7-13(21)12(9-10)19(15(22)23)11-6-8-14(11)26-16(24)25-19/h5-9,11,14-15H,1-4H3,(H2,24,25)/t11-,14+,19-/m0/s1. The third kappa shape index (κ3) is 2.59. The lowest BCUT2D eigenvalue weighted by molar-refractivity contribution is -0.0281. The third-order valence-corrected chi connectivity index (χ3v) is 6.20. The van der Waals surface area contributed by atoms with Crippen LogP contribution in [0, 0.1) is 11.7 Å². The molecule has 1 fully saturated rings. The van der Waals surface area contributed by atoms with Crippen molar-refractivity contribution in [3.63, 3.8) is 0 Å². The fourth-order valence-electron chi connectivity index (χ4n) is 3.77. The summed E-state index contributed by atoms with van der Waals surface area (Å²) in [6.07, 6.45) is -0.491.